The van der Waals surface area contributed by atoms with Crippen molar-refractivity contribution in [1.82, 2.24) is 25.5 Å². The van der Waals surface area contributed by atoms with E-state index in [-0.39, 0.29) is 80.4 Å². The van der Waals surface area contributed by atoms with Gasteiger partial charge in [-0.05, 0) is 70.6 Å². The van der Waals surface area contributed by atoms with Crippen LogP contribution in [-0.2, 0) is 4.79 Å². The maximum absolute atomic E-state index is 12.7. The molecule has 3 aliphatic heterocycles. The molecule has 2 atom stereocenters. The Morgan fingerprint density at radius 3 is 2.33 bits per heavy atom. The van der Waals surface area contributed by atoms with Crippen LogP contribution >= 0.6 is 37.2 Å². The molecule has 1 aromatic heterocycles. The van der Waals surface area contributed by atoms with Crippen LogP contribution in [0.1, 0.15) is 64.2 Å². The topological polar surface area (TPSA) is 126 Å². The quantitative estimate of drug-likeness (QED) is 0.267. The highest BCUT2D eigenvalue weighted by Crippen LogP contribution is 2.26. The number of halogens is 3. The van der Waals surface area contributed by atoms with E-state index in [0.717, 1.165) is 70.6 Å². The smallest absolute Gasteiger partial charge is 0.224 e. The van der Waals surface area contributed by atoms with Crippen LogP contribution in [0, 0.1) is 5.92 Å². The summed E-state index contributed by atoms with van der Waals surface area (Å²) in [6, 6.07) is 1.79. The van der Waals surface area contributed by atoms with Gasteiger partial charge < -0.3 is 31.1 Å². The van der Waals surface area contributed by atoms with Gasteiger partial charge in [0.2, 0.25) is 11.9 Å². The Balaban J connectivity index is 0.00000267. The van der Waals surface area contributed by atoms with E-state index >= 15 is 0 Å². The number of hydrogen-bond donors (Lipinski definition) is 5. The predicted octanol–water partition coefficient (Wildman–Crippen LogP) is 2.62. The lowest BCUT2D eigenvalue weighted by molar-refractivity contribution is -0.125. The van der Waals surface area contributed by atoms with Crippen molar-refractivity contribution >= 4 is 54.9 Å². The molecule has 0 aromatic carbocycles. The molecule has 0 aliphatic carbocycles. The number of nitrogens with zero attached hydrogens (tertiary/aromatic N) is 4. The zero-order valence-electron chi connectivity index (χ0n) is 23.5. The van der Waals surface area contributed by atoms with Crippen molar-refractivity contribution in [2.45, 2.75) is 82.3 Å². The average Bonchev–Trinajstić information content (AvgIpc) is 2.91. The lowest BCUT2D eigenvalue weighted by atomic mass is 9.91. The van der Waals surface area contributed by atoms with Crippen LogP contribution in [0.15, 0.2) is 12.3 Å². The van der Waals surface area contributed by atoms with Crippen LogP contribution in [0.3, 0.4) is 0 Å². The number of likely N-dealkylation sites (tertiary alicyclic amines) is 1. The molecule has 3 aliphatic rings. The Labute approximate surface area is 258 Å². The highest BCUT2D eigenvalue weighted by molar-refractivity contribution is 5.86. The van der Waals surface area contributed by atoms with E-state index in [2.05, 4.69) is 30.7 Å². The number of aliphatic hydroxyl groups is 2. The molecule has 0 radical (unpaired) electrons. The highest BCUT2D eigenvalue weighted by Gasteiger charge is 2.35. The summed E-state index contributed by atoms with van der Waals surface area (Å²) in [7, 11) is 0. The van der Waals surface area contributed by atoms with Crippen molar-refractivity contribution < 1.29 is 15.0 Å². The summed E-state index contributed by atoms with van der Waals surface area (Å²) >= 11 is 0. The van der Waals surface area contributed by atoms with Crippen molar-refractivity contribution in [1.29, 1.82) is 0 Å². The first-order chi connectivity index (χ1) is 18.2. The SMILES string of the molecule is Cl.Cl.Cl.O=C(NCC[C@@H]1[C@@H](Nc2nccc(N3CCCCCCC3)n2)CCCN1C(CO)CO)C1CCNCC1. The molecule has 1 aromatic rings. The summed E-state index contributed by atoms with van der Waals surface area (Å²) in [4.78, 5) is 26.7. The van der Waals surface area contributed by atoms with Crippen LogP contribution in [-0.4, -0.2) is 102 Å². The van der Waals surface area contributed by atoms with Crippen molar-refractivity contribution in [3.05, 3.63) is 12.3 Å². The minimum atomic E-state index is -0.317. The van der Waals surface area contributed by atoms with Gasteiger partial charge in [-0.1, -0.05) is 19.3 Å². The number of hydrogen-bond acceptors (Lipinski definition) is 9. The molecule has 0 unspecified atom stereocenters. The maximum atomic E-state index is 12.7. The fourth-order valence-corrected chi connectivity index (χ4v) is 6.15. The third kappa shape index (κ3) is 10.6. The summed E-state index contributed by atoms with van der Waals surface area (Å²) in [6.45, 7) is 5.04. The van der Waals surface area contributed by atoms with Gasteiger partial charge >= 0.3 is 0 Å². The Kier molecular flexibility index (Phi) is 18.3. The third-order valence-corrected chi connectivity index (χ3v) is 8.30. The number of aliphatic hydroxyl groups excluding tert-OH is 2. The molecule has 1 amide bonds. The molecule has 0 bridgehead atoms. The average molecular weight is 627 g/mol. The van der Waals surface area contributed by atoms with Crippen LogP contribution in [0.5, 0.6) is 0 Å². The van der Waals surface area contributed by atoms with E-state index in [9.17, 15) is 15.0 Å². The normalized spacial score (nSPS) is 22.6. The molecule has 10 nitrogen and oxygen atoms in total. The van der Waals surface area contributed by atoms with Crippen molar-refractivity contribution in [3.63, 3.8) is 0 Å². The number of amides is 1. The van der Waals surface area contributed by atoms with Crippen molar-refractivity contribution in [2.75, 3.05) is 62.7 Å². The number of piperidine rings is 2. The van der Waals surface area contributed by atoms with Gasteiger partial charge in [0.25, 0.3) is 0 Å². The standard InChI is InChI=1S/C27H47N7O3.3ClH/c35-19-22(20-36)34-18-6-7-23(24(34)10-14-29-26(37)21-8-12-28-13-9-21)31-27-30-15-11-25(32-27)33-16-4-2-1-3-5-17-33;;;/h11,15,21-24,28,35-36H,1-10,12-14,16-20H2,(H,29,37)(H,30,31,32);3*1H/t23-,24+;;;/m0.../s1. The molecule has 3 fully saturated rings. The first-order valence-electron chi connectivity index (χ1n) is 14.5. The molecule has 4 rings (SSSR count). The van der Waals surface area contributed by atoms with E-state index in [1.54, 1.807) is 0 Å². The minimum absolute atomic E-state index is 0. The van der Waals surface area contributed by atoms with E-state index in [1.807, 2.05) is 12.3 Å². The molecule has 4 heterocycles. The Morgan fingerprint density at radius 2 is 1.65 bits per heavy atom. The summed E-state index contributed by atoms with van der Waals surface area (Å²) < 4.78 is 0. The lowest BCUT2D eigenvalue weighted by Crippen LogP contribution is -2.58. The third-order valence-electron chi connectivity index (χ3n) is 8.30. The van der Waals surface area contributed by atoms with E-state index in [4.69, 9.17) is 4.98 Å². The van der Waals surface area contributed by atoms with Gasteiger partial charge in [-0.3, -0.25) is 9.69 Å². The number of aromatic nitrogens is 2. The largest absolute Gasteiger partial charge is 0.395 e. The first kappa shape index (κ1) is 36.9. The zero-order chi connectivity index (χ0) is 25.9. The number of carbonyl (C=O) groups excluding carboxylic acids is 1. The van der Waals surface area contributed by atoms with Crippen molar-refractivity contribution in [2.24, 2.45) is 5.92 Å². The maximum Gasteiger partial charge on any atom is 0.224 e. The predicted molar refractivity (Wildman–Crippen MR) is 167 cm³/mol. The Bertz CT molecular complexity index is 826. The van der Waals surface area contributed by atoms with Crippen LogP contribution < -0.4 is 20.9 Å². The van der Waals surface area contributed by atoms with Gasteiger partial charge in [-0.25, -0.2) is 4.98 Å². The van der Waals surface area contributed by atoms with E-state index in [0.29, 0.717) is 12.5 Å². The van der Waals surface area contributed by atoms with Crippen LogP contribution in [0.25, 0.3) is 0 Å². The second-order valence-corrected chi connectivity index (χ2v) is 10.8. The number of anilines is 2. The number of nitrogens with one attached hydrogen (secondary N) is 3. The second-order valence-electron chi connectivity index (χ2n) is 10.8. The van der Waals surface area contributed by atoms with Gasteiger partial charge in [0.05, 0.1) is 19.3 Å². The Hall–Kier alpha value is -1.14. The summed E-state index contributed by atoms with van der Waals surface area (Å²) in [6.07, 6.45) is 12.5. The van der Waals surface area contributed by atoms with Gasteiger partial charge in [-0.2, -0.15) is 4.98 Å². The fourth-order valence-electron chi connectivity index (χ4n) is 6.15. The van der Waals surface area contributed by atoms with E-state index < -0.39 is 0 Å². The molecular formula is C27H50Cl3N7O3. The fraction of sp³-hybridized carbons (Fsp3) is 0.815. The number of rotatable bonds is 10. The molecule has 3 saturated heterocycles. The van der Waals surface area contributed by atoms with Crippen LogP contribution in [0.4, 0.5) is 11.8 Å². The molecular weight excluding hydrogens is 577 g/mol. The van der Waals surface area contributed by atoms with Gasteiger partial charge in [0.15, 0.2) is 0 Å². The monoisotopic (exact) mass is 625 g/mol. The molecule has 232 valence electrons. The summed E-state index contributed by atoms with van der Waals surface area (Å²) in [5.74, 6) is 1.82. The summed E-state index contributed by atoms with van der Waals surface area (Å²) in [5, 5.41) is 30.0. The highest BCUT2D eigenvalue weighted by atomic mass is 35.5. The summed E-state index contributed by atoms with van der Waals surface area (Å²) in [5.41, 5.74) is 0. The zero-order valence-corrected chi connectivity index (χ0v) is 26.0. The van der Waals surface area contributed by atoms with E-state index in [1.165, 1.54) is 32.1 Å². The molecule has 40 heavy (non-hydrogen) atoms. The van der Waals surface area contributed by atoms with Gasteiger partial charge in [-0.15, -0.1) is 37.2 Å². The number of carbonyl (C=O) groups is 1. The van der Waals surface area contributed by atoms with Crippen molar-refractivity contribution in [3.8, 4) is 0 Å². The molecule has 0 spiro atoms. The molecule has 5 N–H and O–H groups in total. The molecule has 13 heteroatoms. The molecule has 0 saturated carbocycles. The minimum Gasteiger partial charge on any atom is -0.395 e. The lowest BCUT2D eigenvalue weighted by Gasteiger charge is -2.45. The second kappa shape index (κ2) is 19.9. The van der Waals surface area contributed by atoms with Crippen LogP contribution in [0.2, 0.25) is 0 Å². The van der Waals surface area contributed by atoms with Gasteiger partial charge in [0, 0.05) is 43.8 Å². The van der Waals surface area contributed by atoms with Gasteiger partial charge in [0.1, 0.15) is 5.82 Å². The Morgan fingerprint density at radius 1 is 0.975 bits per heavy atom. The first-order valence-corrected chi connectivity index (χ1v) is 14.5.